The molecule has 3 aromatic rings. The van der Waals surface area contributed by atoms with E-state index in [2.05, 4.69) is 41.3 Å². The maximum Gasteiger partial charge on any atom is 0.236 e. The van der Waals surface area contributed by atoms with E-state index in [1.807, 2.05) is 18.2 Å². The molecule has 1 aliphatic heterocycles. The summed E-state index contributed by atoms with van der Waals surface area (Å²) in [5, 5.41) is 0.990. The molecule has 2 aromatic carbocycles. The van der Waals surface area contributed by atoms with Crippen molar-refractivity contribution in [2.45, 2.75) is 18.9 Å². The number of fused-ring (bicyclic) bond motifs is 1. The predicted molar refractivity (Wildman–Crippen MR) is 101 cm³/mol. The third-order valence-electron chi connectivity index (χ3n) is 5.03. The molecule has 5 heteroatoms. The van der Waals surface area contributed by atoms with Gasteiger partial charge in [0.25, 0.3) is 0 Å². The molecule has 4 nitrogen and oxygen atoms in total. The highest BCUT2D eigenvalue weighted by Gasteiger charge is 2.24. The van der Waals surface area contributed by atoms with Crippen LogP contribution in [0.5, 0.6) is 0 Å². The summed E-state index contributed by atoms with van der Waals surface area (Å²) < 4.78 is 25.0. The van der Waals surface area contributed by atoms with E-state index < -0.39 is 10.0 Å². The van der Waals surface area contributed by atoms with Gasteiger partial charge in [-0.1, -0.05) is 36.4 Å². The summed E-state index contributed by atoms with van der Waals surface area (Å²) in [6.07, 6.45) is 4.02. The van der Waals surface area contributed by atoms with Crippen LogP contribution in [0.1, 0.15) is 23.5 Å². The molecular weight excluding hydrogens is 332 g/mol. The summed E-state index contributed by atoms with van der Waals surface area (Å²) in [4.78, 5) is 2.49. The van der Waals surface area contributed by atoms with Crippen molar-refractivity contribution in [1.29, 1.82) is 0 Å². The molecule has 1 unspecified atom stereocenters. The standard InChI is InChI=1S/C20H22N2O2S/c1-25(23,24)22-12-10-18-13-17(7-8-20(18)22)19-9-11-21(15-19)14-16-5-3-2-4-6-16/h2-8,10,12-13,19H,9,11,14-15H2,1H3. The SMILES string of the molecule is CS(=O)(=O)n1ccc2cc(C3CCN(Cc4ccccc4)C3)ccc21. The van der Waals surface area contributed by atoms with Gasteiger partial charge in [-0.05, 0) is 48.2 Å². The van der Waals surface area contributed by atoms with Crippen LogP contribution < -0.4 is 0 Å². The molecule has 1 saturated heterocycles. The lowest BCUT2D eigenvalue weighted by atomic mass is 9.97. The Hall–Kier alpha value is -2.11. The Labute approximate surface area is 148 Å². The molecule has 2 heterocycles. The van der Waals surface area contributed by atoms with Crippen LogP contribution in [0.3, 0.4) is 0 Å². The van der Waals surface area contributed by atoms with Crippen molar-refractivity contribution in [2.24, 2.45) is 0 Å². The lowest BCUT2D eigenvalue weighted by Crippen LogP contribution is -2.19. The first-order valence-corrected chi connectivity index (χ1v) is 10.4. The van der Waals surface area contributed by atoms with E-state index in [1.54, 1.807) is 6.20 Å². The molecule has 130 valence electrons. The molecule has 0 aliphatic carbocycles. The Morgan fingerprint density at radius 1 is 1.08 bits per heavy atom. The Kier molecular flexibility index (Phi) is 4.13. The van der Waals surface area contributed by atoms with Crippen LogP contribution in [0.25, 0.3) is 10.9 Å². The molecule has 0 saturated carbocycles. The third kappa shape index (κ3) is 3.34. The first kappa shape index (κ1) is 16.4. The Morgan fingerprint density at radius 2 is 1.88 bits per heavy atom. The summed E-state index contributed by atoms with van der Waals surface area (Å²) in [6.45, 7) is 3.14. The molecule has 1 aliphatic rings. The van der Waals surface area contributed by atoms with Crippen molar-refractivity contribution in [3.05, 3.63) is 71.9 Å². The molecule has 0 spiro atoms. The zero-order chi connectivity index (χ0) is 17.4. The van der Waals surface area contributed by atoms with Gasteiger partial charge < -0.3 is 0 Å². The van der Waals surface area contributed by atoms with Crippen LogP contribution in [-0.4, -0.2) is 36.6 Å². The molecule has 1 aromatic heterocycles. The van der Waals surface area contributed by atoms with Crippen molar-refractivity contribution in [2.75, 3.05) is 19.3 Å². The van der Waals surface area contributed by atoms with E-state index >= 15 is 0 Å². The van der Waals surface area contributed by atoms with Gasteiger partial charge in [0.05, 0.1) is 11.8 Å². The van der Waals surface area contributed by atoms with Crippen molar-refractivity contribution >= 4 is 20.9 Å². The number of aromatic nitrogens is 1. The highest BCUT2D eigenvalue weighted by molar-refractivity contribution is 7.89. The fourth-order valence-corrected chi connectivity index (χ4v) is 4.57. The first-order chi connectivity index (χ1) is 12.0. The van der Waals surface area contributed by atoms with Crippen LogP contribution in [0.15, 0.2) is 60.8 Å². The normalized spacial score (nSPS) is 18.8. The Morgan fingerprint density at radius 3 is 2.64 bits per heavy atom. The summed E-state index contributed by atoms with van der Waals surface area (Å²) in [5.74, 6) is 0.509. The van der Waals surface area contributed by atoms with Crippen LogP contribution >= 0.6 is 0 Å². The van der Waals surface area contributed by atoms with Gasteiger partial charge in [-0.3, -0.25) is 4.90 Å². The van der Waals surface area contributed by atoms with E-state index in [-0.39, 0.29) is 0 Å². The van der Waals surface area contributed by atoms with Gasteiger partial charge in [0.1, 0.15) is 0 Å². The lowest BCUT2D eigenvalue weighted by molar-refractivity contribution is 0.327. The monoisotopic (exact) mass is 354 g/mol. The molecule has 0 N–H and O–H groups in total. The Bertz CT molecular complexity index is 993. The van der Waals surface area contributed by atoms with Gasteiger partial charge in [0, 0.05) is 24.7 Å². The van der Waals surface area contributed by atoms with E-state index in [9.17, 15) is 8.42 Å². The fourth-order valence-electron chi connectivity index (χ4n) is 3.77. The van der Waals surface area contributed by atoms with Gasteiger partial charge >= 0.3 is 0 Å². The molecule has 0 amide bonds. The molecule has 0 radical (unpaired) electrons. The van der Waals surface area contributed by atoms with E-state index in [1.165, 1.54) is 21.4 Å². The largest absolute Gasteiger partial charge is 0.298 e. The number of benzene rings is 2. The van der Waals surface area contributed by atoms with Gasteiger partial charge in [-0.2, -0.15) is 0 Å². The zero-order valence-corrected chi connectivity index (χ0v) is 15.1. The summed E-state index contributed by atoms with van der Waals surface area (Å²) in [7, 11) is -3.25. The van der Waals surface area contributed by atoms with E-state index in [0.717, 1.165) is 37.0 Å². The quantitative estimate of drug-likeness (QED) is 0.721. The summed E-state index contributed by atoms with van der Waals surface area (Å²) >= 11 is 0. The summed E-state index contributed by atoms with van der Waals surface area (Å²) in [6, 6.07) is 18.6. The number of rotatable bonds is 4. The van der Waals surface area contributed by atoms with Gasteiger partial charge in [0.15, 0.2) is 0 Å². The molecule has 1 fully saturated rings. The average Bonchev–Trinajstić information content (AvgIpc) is 3.21. The number of hydrogen-bond acceptors (Lipinski definition) is 3. The van der Waals surface area contributed by atoms with Crippen LogP contribution in [0, 0.1) is 0 Å². The van der Waals surface area contributed by atoms with Crippen LogP contribution in [0.4, 0.5) is 0 Å². The molecule has 4 rings (SSSR count). The van der Waals surface area contributed by atoms with Crippen LogP contribution in [-0.2, 0) is 16.6 Å². The van der Waals surface area contributed by atoms with E-state index in [0.29, 0.717) is 5.92 Å². The minimum Gasteiger partial charge on any atom is -0.298 e. The smallest absolute Gasteiger partial charge is 0.236 e. The van der Waals surface area contributed by atoms with Gasteiger partial charge in [-0.25, -0.2) is 12.4 Å². The maximum absolute atomic E-state index is 11.8. The second kappa shape index (κ2) is 6.32. The van der Waals surface area contributed by atoms with Gasteiger partial charge in [0.2, 0.25) is 10.0 Å². The van der Waals surface area contributed by atoms with Crippen molar-refractivity contribution < 1.29 is 8.42 Å². The summed E-state index contributed by atoms with van der Waals surface area (Å²) in [5.41, 5.74) is 3.41. The molecule has 25 heavy (non-hydrogen) atoms. The minimum atomic E-state index is -3.25. The predicted octanol–water partition coefficient (Wildman–Crippen LogP) is 3.44. The van der Waals surface area contributed by atoms with Crippen molar-refractivity contribution in [1.82, 2.24) is 8.87 Å². The number of nitrogens with zero attached hydrogens (tertiary/aromatic N) is 2. The Balaban J connectivity index is 1.53. The van der Waals surface area contributed by atoms with Crippen LogP contribution in [0.2, 0.25) is 0 Å². The molecule has 1 atom stereocenters. The van der Waals surface area contributed by atoms with Crippen molar-refractivity contribution in [3.63, 3.8) is 0 Å². The van der Waals surface area contributed by atoms with E-state index in [4.69, 9.17) is 0 Å². The number of hydrogen-bond donors (Lipinski definition) is 0. The minimum absolute atomic E-state index is 0.509. The molecular formula is C20H22N2O2S. The second-order valence-electron chi connectivity index (χ2n) is 6.90. The average molecular weight is 354 g/mol. The van der Waals surface area contributed by atoms with Crippen molar-refractivity contribution in [3.8, 4) is 0 Å². The second-order valence-corrected chi connectivity index (χ2v) is 8.76. The fraction of sp³-hybridized carbons (Fsp3) is 0.300. The highest BCUT2D eigenvalue weighted by atomic mass is 32.2. The maximum atomic E-state index is 11.8. The van der Waals surface area contributed by atoms with Gasteiger partial charge in [-0.15, -0.1) is 0 Å². The lowest BCUT2D eigenvalue weighted by Gasteiger charge is -2.16. The first-order valence-electron chi connectivity index (χ1n) is 8.58. The number of likely N-dealkylation sites (tertiary alicyclic amines) is 1. The zero-order valence-electron chi connectivity index (χ0n) is 14.3. The molecule has 0 bridgehead atoms. The highest BCUT2D eigenvalue weighted by Crippen LogP contribution is 2.30. The topological polar surface area (TPSA) is 42.3 Å². The third-order valence-corrected chi connectivity index (χ3v) is 6.06.